The van der Waals surface area contributed by atoms with Crippen molar-refractivity contribution in [2.45, 2.75) is 51.3 Å². The average molecular weight is 435 g/mol. The maximum atomic E-state index is 13.7. The van der Waals surface area contributed by atoms with E-state index in [0.29, 0.717) is 17.9 Å². The molecule has 0 spiro atoms. The van der Waals surface area contributed by atoms with Crippen LogP contribution in [0.1, 0.15) is 24.7 Å². The molecule has 0 unspecified atom stereocenters. The minimum atomic E-state index is -2.07. The van der Waals surface area contributed by atoms with E-state index in [0.717, 1.165) is 11.1 Å². The number of nitrogens with zero attached hydrogens (tertiary/aromatic N) is 5. The van der Waals surface area contributed by atoms with Crippen LogP contribution >= 0.6 is 0 Å². The lowest BCUT2D eigenvalue weighted by Gasteiger charge is -2.22. The lowest BCUT2D eigenvalue weighted by atomic mass is 10.0. The van der Waals surface area contributed by atoms with Gasteiger partial charge in [0.25, 0.3) is 5.91 Å². The summed E-state index contributed by atoms with van der Waals surface area (Å²) in [6, 6.07) is 7.10. The Bertz CT molecular complexity index is 852. The Balaban J connectivity index is 1.73. The van der Waals surface area contributed by atoms with E-state index in [4.69, 9.17) is 0 Å². The highest BCUT2D eigenvalue weighted by atomic mass is 18.2. The Hall–Kier alpha value is -3.09. The number of nitrogens with one attached hydrogen (secondary N) is 1. The fourth-order valence-corrected chi connectivity index (χ4v) is 2.36. The van der Waals surface area contributed by atoms with Crippen molar-refractivity contribution in [2.24, 2.45) is 5.16 Å². The van der Waals surface area contributed by atoms with Gasteiger partial charge in [0, 0.05) is 12.1 Å². The summed E-state index contributed by atoms with van der Waals surface area (Å²) in [5.74, 6) is 0.370. The predicted octanol–water partition coefficient (Wildman–Crippen LogP) is -0.309. The van der Waals surface area contributed by atoms with E-state index in [2.05, 4.69) is 35.7 Å². The first-order chi connectivity index (χ1) is 14.8. The van der Waals surface area contributed by atoms with E-state index in [1.165, 1.54) is 0 Å². The van der Waals surface area contributed by atoms with E-state index >= 15 is 0 Å². The molecule has 0 aliphatic rings. The fourth-order valence-electron chi connectivity index (χ4n) is 2.36. The molecule has 31 heavy (non-hydrogen) atoms. The summed E-state index contributed by atoms with van der Waals surface area (Å²) in [5, 5.41) is 50.0. The first-order valence-corrected chi connectivity index (χ1v) is 9.55. The highest BCUT2D eigenvalue weighted by Gasteiger charge is 2.29. The molecule has 2 rings (SSSR count). The van der Waals surface area contributed by atoms with Crippen LogP contribution in [0.2, 0.25) is 0 Å². The average Bonchev–Trinajstić information content (AvgIpc) is 2.79. The highest BCUT2D eigenvalue weighted by Crippen LogP contribution is 2.14. The summed E-state index contributed by atoms with van der Waals surface area (Å²) >= 11 is 0. The zero-order chi connectivity index (χ0) is 22.8. The molecule has 4 N–H and O–H groups in total. The number of hydrogen-bond donors (Lipinski definition) is 4. The number of rotatable bonds is 11. The molecule has 1 aromatic carbocycles. The van der Waals surface area contributed by atoms with Gasteiger partial charge in [-0.3, -0.25) is 4.79 Å². The third kappa shape index (κ3) is 7.59. The molecular weight excluding hydrogens is 410 g/mol. The summed E-state index contributed by atoms with van der Waals surface area (Å²) in [6.07, 6.45) is -6.10. The number of aliphatic hydroxyl groups is 3. The normalized spacial score (nSPS) is 15.3. The van der Waals surface area contributed by atoms with Gasteiger partial charge in [0.2, 0.25) is 5.82 Å². The lowest BCUT2D eigenvalue weighted by Crippen LogP contribution is -2.43. The van der Waals surface area contributed by atoms with Gasteiger partial charge in [0.1, 0.15) is 12.2 Å². The fraction of sp³-hybridized carbons (Fsp3) is 0.474. The zero-order valence-electron chi connectivity index (χ0n) is 17.1. The number of aryl methyl sites for hydroxylation is 1. The Morgan fingerprint density at radius 2 is 1.81 bits per heavy atom. The smallest absolute Gasteiger partial charge is 0.261 e. The SMILES string of the molecule is CC[C@@H](O)[C@@H](O)[C@H](O)[C@@H]([18F])/C=N/OCC(=O)NCc1ccc(-c2nnc(C)nn2)cc1. The maximum absolute atomic E-state index is 13.7. The minimum Gasteiger partial charge on any atom is -0.390 e. The Morgan fingerprint density at radius 3 is 2.42 bits per heavy atom. The van der Waals surface area contributed by atoms with Gasteiger partial charge in [0.05, 0.1) is 12.3 Å². The number of aromatic nitrogens is 4. The van der Waals surface area contributed by atoms with Crippen LogP contribution in [0, 0.1) is 6.92 Å². The number of aliphatic hydroxyl groups excluding tert-OH is 3. The summed E-state index contributed by atoms with van der Waals surface area (Å²) in [4.78, 5) is 16.5. The molecule has 12 heteroatoms. The molecule has 0 radical (unpaired) electrons. The minimum absolute atomic E-state index is 0.148. The number of benzene rings is 1. The molecule has 0 saturated heterocycles. The zero-order valence-corrected chi connectivity index (χ0v) is 17.1. The molecule has 1 heterocycles. The quantitative estimate of drug-likeness (QED) is 0.274. The topological polar surface area (TPSA) is 163 Å². The number of carbonyl (C=O) groups is 1. The monoisotopic (exact) mass is 435 g/mol. The lowest BCUT2D eigenvalue weighted by molar-refractivity contribution is -0.125. The third-order valence-electron chi connectivity index (χ3n) is 4.24. The summed E-state index contributed by atoms with van der Waals surface area (Å²) < 4.78 is 13.7. The first-order valence-electron chi connectivity index (χ1n) is 9.55. The van der Waals surface area contributed by atoms with Crippen molar-refractivity contribution in [3.05, 3.63) is 35.7 Å². The molecule has 0 fully saturated rings. The second kappa shape index (κ2) is 11.9. The molecular formula is C19H25FN6O5. The second-order valence-electron chi connectivity index (χ2n) is 6.67. The number of hydrogen-bond acceptors (Lipinski definition) is 10. The van der Waals surface area contributed by atoms with Crippen LogP contribution in [0.5, 0.6) is 0 Å². The molecule has 0 aliphatic carbocycles. The van der Waals surface area contributed by atoms with E-state index in [9.17, 15) is 24.5 Å². The Kier molecular flexibility index (Phi) is 9.31. The van der Waals surface area contributed by atoms with Crippen LogP contribution in [-0.2, 0) is 16.2 Å². The van der Waals surface area contributed by atoms with Gasteiger partial charge in [-0.05, 0) is 18.9 Å². The molecule has 11 nitrogen and oxygen atoms in total. The van der Waals surface area contributed by atoms with E-state index in [1.807, 2.05) is 0 Å². The second-order valence-corrected chi connectivity index (χ2v) is 6.67. The van der Waals surface area contributed by atoms with Crippen molar-refractivity contribution < 1.29 is 29.3 Å². The van der Waals surface area contributed by atoms with Gasteiger partial charge in [-0.2, -0.15) is 0 Å². The van der Waals surface area contributed by atoms with E-state index in [-0.39, 0.29) is 13.0 Å². The molecule has 1 aromatic heterocycles. The van der Waals surface area contributed by atoms with Gasteiger partial charge in [-0.25, -0.2) is 4.39 Å². The van der Waals surface area contributed by atoms with Crippen molar-refractivity contribution in [3.8, 4) is 11.4 Å². The van der Waals surface area contributed by atoms with Crippen molar-refractivity contribution >= 4 is 12.1 Å². The maximum Gasteiger partial charge on any atom is 0.261 e. The van der Waals surface area contributed by atoms with Crippen LogP contribution in [0.15, 0.2) is 29.4 Å². The van der Waals surface area contributed by atoms with Crippen LogP contribution in [0.3, 0.4) is 0 Å². The highest BCUT2D eigenvalue weighted by molar-refractivity contribution is 5.77. The van der Waals surface area contributed by atoms with E-state index in [1.54, 1.807) is 38.1 Å². The number of amides is 1. The number of halogens is 1. The Labute approximate surface area is 178 Å². The molecule has 2 aromatic rings. The van der Waals surface area contributed by atoms with Gasteiger partial charge < -0.3 is 25.5 Å². The van der Waals surface area contributed by atoms with Crippen molar-refractivity contribution in [1.82, 2.24) is 25.7 Å². The van der Waals surface area contributed by atoms with Crippen LogP contribution in [0.25, 0.3) is 11.4 Å². The standard InChI is InChI=1S/C19H25FN6O5/c1-3-15(27)18(30)17(29)14(20)9-22-31-10-16(28)21-8-12-4-6-13(7-5-12)19-25-23-11(2)24-26-19/h4-7,9,14-15,17-18,27,29-30H,3,8,10H2,1-2H3,(H,21,28)/b22-9+/t14-,15+,17+,18+/m0/s1/i20-1. The molecule has 1 amide bonds. The van der Waals surface area contributed by atoms with Crippen molar-refractivity contribution in [2.75, 3.05) is 6.61 Å². The van der Waals surface area contributed by atoms with Gasteiger partial charge in [-0.1, -0.05) is 36.3 Å². The first kappa shape index (κ1) is 24.2. The molecule has 4 atom stereocenters. The third-order valence-corrected chi connectivity index (χ3v) is 4.24. The number of oxime groups is 1. The molecule has 168 valence electrons. The van der Waals surface area contributed by atoms with Gasteiger partial charge in [-0.15, -0.1) is 20.4 Å². The summed E-state index contributed by atoms with van der Waals surface area (Å²) in [5.41, 5.74) is 1.54. The Morgan fingerprint density at radius 1 is 1.16 bits per heavy atom. The van der Waals surface area contributed by atoms with Crippen LogP contribution < -0.4 is 5.32 Å². The molecule has 0 aliphatic heterocycles. The number of alkyl halides is 1. The molecule has 0 saturated carbocycles. The van der Waals surface area contributed by atoms with Gasteiger partial charge in [0.15, 0.2) is 18.6 Å². The summed E-state index contributed by atoms with van der Waals surface area (Å²) in [6.45, 7) is 3.02. The van der Waals surface area contributed by atoms with E-state index < -0.39 is 37.0 Å². The van der Waals surface area contributed by atoms with Crippen molar-refractivity contribution in [1.29, 1.82) is 0 Å². The largest absolute Gasteiger partial charge is 0.390 e. The van der Waals surface area contributed by atoms with Crippen LogP contribution in [0.4, 0.5) is 4.39 Å². The van der Waals surface area contributed by atoms with Crippen LogP contribution in [-0.4, -0.2) is 78.9 Å². The summed E-state index contributed by atoms with van der Waals surface area (Å²) in [7, 11) is 0. The predicted molar refractivity (Wildman–Crippen MR) is 107 cm³/mol. The van der Waals surface area contributed by atoms with Crippen molar-refractivity contribution in [3.63, 3.8) is 0 Å². The van der Waals surface area contributed by atoms with Gasteiger partial charge >= 0.3 is 0 Å². The number of carbonyl (C=O) groups excluding carboxylic acids is 1. The molecule has 0 bridgehead atoms.